The number of aromatic nitrogens is 2. The Morgan fingerprint density at radius 1 is 1.47 bits per heavy atom. The minimum Gasteiger partial charge on any atom is -0.334 e. The number of alkyl halides is 1. The fourth-order valence-electron chi connectivity index (χ4n) is 1.86. The maximum atomic E-state index is 12.7. The Bertz CT molecular complexity index is 352. The maximum absolute atomic E-state index is 12.7. The Kier molecular flexibility index (Phi) is 2.54. The van der Waals surface area contributed by atoms with Gasteiger partial charge in [-0.3, -0.25) is 0 Å². The van der Waals surface area contributed by atoms with Crippen LogP contribution in [0, 0.1) is 5.82 Å². The van der Waals surface area contributed by atoms with Gasteiger partial charge in [0, 0.05) is 6.54 Å². The molecule has 2 heterocycles. The molecule has 0 aromatic carbocycles. The second kappa shape index (κ2) is 3.59. The van der Waals surface area contributed by atoms with Gasteiger partial charge in [0.15, 0.2) is 5.82 Å². The third kappa shape index (κ3) is 1.78. The van der Waals surface area contributed by atoms with Gasteiger partial charge in [0.25, 0.3) is 0 Å². The third-order valence-corrected chi connectivity index (χ3v) is 3.67. The molecule has 5 heteroatoms. The summed E-state index contributed by atoms with van der Waals surface area (Å²) >= 11 is 6.21. The first-order chi connectivity index (χ1) is 7.01. The van der Waals surface area contributed by atoms with Gasteiger partial charge in [0.2, 0.25) is 5.95 Å². The van der Waals surface area contributed by atoms with Crippen molar-refractivity contribution >= 4 is 17.5 Å². The van der Waals surface area contributed by atoms with E-state index in [1.807, 2.05) is 18.7 Å². The minimum atomic E-state index is -0.418. The molecule has 82 valence electrons. The topological polar surface area (TPSA) is 29.0 Å². The predicted molar refractivity (Wildman–Crippen MR) is 57.7 cm³/mol. The molecule has 1 aromatic rings. The summed E-state index contributed by atoms with van der Waals surface area (Å²) in [7, 11) is 0. The van der Waals surface area contributed by atoms with E-state index < -0.39 is 5.82 Å². The molecule has 3 nitrogen and oxygen atoms in total. The van der Waals surface area contributed by atoms with Crippen LogP contribution in [0.5, 0.6) is 0 Å². The first kappa shape index (κ1) is 10.6. The summed E-state index contributed by atoms with van der Waals surface area (Å²) in [5.41, 5.74) is -0.181. The van der Waals surface area contributed by atoms with Gasteiger partial charge in [-0.1, -0.05) is 0 Å². The van der Waals surface area contributed by atoms with Crippen LogP contribution in [0.15, 0.2) is 12.4 Å². The van der Waals surface area contributed by atoms with Crippen LogP contribution in [-0.4, -0.2) is 27.4 Å². The van der Waals surface area contributed by atoms with E-state index in [-0.39, 0.29) is 10.9 Å². The molecule has 0 radical (unpaired) electrons. The highest BCUT2D eigenvalue weighted by Gasteiger charge is 2.41. The SMILES string of the molecule is CC1(C)C(Cl)CCN1c1ncc(F)cn1. The normalized spacial score (nSPS) is 24.5. The smallest absolute Gasteiger partial charge is 0.225 e. The summed E-state index contributed by atoms with van der Waals surface area (Å²) in [6.07, 6.45) is 3.26. The van der Waals surface area contributed by atoms with E-state index in [9.17, 15) is 4.39 Å². The molecule has 0 spiro atoms. The van der Waals surface area contributed by atoms with Crippen LogP contribution < -0.4 is 4.90 Å². The van der Waals surface area contributed by atoms with Crippen LogP contribution in [0.3, 0.4) is 0 Å². The lowest BCUT2D eigenvalue weighted by Crippen LogP contribution is -2.44. The number of anilines is 1. The molecule has 2 rings (SSSR count). The molecule has 0 saturated carbocycles. The average Bonchev–Trinajstić information content (AvgIpc) is 2.44. The molecule has 1 atom stereocenters. The highest BCUT2D eigenvalue weighted by Crippen LogP contribution is 2.34. The lowest BCUT2D eigenvalue weighted by atomic mass is 10.0. The number of nitrogens with zero attached hydrogens (tertiary/aromatic N) is 3. The first-order valence-electron chi connectivity index (χ1n) is 4.91. The molecular weight excluding hydrogens is 217 g/mol. The molecule has 0 bridgehead atoms. The monoisotopic (exact) mass is 229 g/mol. The average molecular weight is 230 g/mol. The highest BCUT2D eigenvalue weighted by molar-refractivity contribution is 6.22. The second-order valence-electron chi connectivity index (χ2n) is 4.26. The predicted octanol–water partition coefficient (Wildman–Crippen LogP) is 2.21. The van der Waals surface area contributed by atoms with E-state index >= 15 is 0 Å². The van der Waals surface area contributed by atoms with E-state index in [2.05, 4.69) is 9.97 Å². The van der Waals surface area contributed by atoms with Crippen molar-refractivity contribution < 1.29 is 4.39 Å². The Labute approximate surface area is 93.3 Å². The molecular formula is C10H13ClFN3. The maximum Gasteiger partial charge on any atom is 0.225 e. The van der Waals surface area contributed by atoms with Gasteiger partial charge >= 0.3 is 0 Å². The Morgan fingerprint density at radius 2 is 2.07 bits per heavy atom. The molecule has 1 aromatic heterocycles. The van der Waals surface area contributed by atoms with Crippen LogP contribution in [-0.2, 0) is 0 Å². The van der Waals surface area contributed by atoms with Gasteiger partial charge in [-0.2, -0.15) is 0 Å². The van der Waals surface area contributed by atoms with Gasteiger partial charge in [-0.15, -0.1) is 11.6 Å². The van der Waals surface area contributed by atoms with Crippen molar-refractivity contribution in [2.75, 3.05) is 11.4 Å². The van der Waals surface area contributed by atoms with E-state index in [1.54, 1.807) is 0 Å². The van der Waals surface area contributed by atoms with Gasteiger partial charge in [0.05, 0.1) is 23.3 Å². The quantitative estimate of drug-likeness (QED) is 0.692. The third-order valence-electron chi connectivity index (χ3n) is 2.92. The number of hydrogen-bond acceptors (Lipinski definition) is 3. The summed E-state index contributed by atoms with van der Waals surface area (Å²) in [6, 6.07) is 0. The van der Waals surface area contributed by atoms with E-state index in [4.69, 9.17) is 11.6 Å². The summed E-state index contributed by atoms with van der Waals surface area (Å²) in [5.74, 6) is 0.128. The number of halogens is 2. The fourth-order valence-corrected chi connectivity index (χ4v) is 2.07. The highest BCUT2D eigenvalue weighted by atomic mass is 35.5. The van der Waals surface area contributed by atoms with Crippen molar-refractivity contribution in [2.24, 2.45) is 0 Å². The van der Waals surface area contributed by atoms with Crippen LogP contribution in [0.25, 0.3) is 0 Å². The zero-order valence-electron chi connectivity index (χ0n) is 8.74. The molecule has 1 aliphatic rings. The van der Waals surface area contributed by atoms with Crippen molar-refractivity contribution in [3.63, 3.8) is 0 Å². The molecule has 1 aliphatic heterocycles. The van der Waals surface area contributed by atoms with E-state index in [0.29, 0.717) is 5.95 Å². The standard InChI is InChI=1S/C10H13ClFN3/c1-10(2)8(11)3-4-15(10)9-13-5-7(12)6-14-9/h5-6,8H,3-4H2,1-2H3. The van der Waals surface area contributed by atoms with Gasteiger partial charge in [-0.05, 0) is 20.3 Å². The second-order valence-corrected chi connectivity index (χ2v) is 4.79. The molecule has 0 aliphatic carbocycles. The zero-order valence-corrected chi connectivity index (χ0v) is 9.50. The molecule has 1 saturated heterocycles. The van der Waals surface area contributed by atoms with Crippen LogP contribution >= 0.6 is 11.6 Å². The first-order valence-corrected chi connectivity index (χ1v) is 5.34. The summed E-state index contributed by atoms with van der Waals surface area (Å²) in [6.45, 7) is 4.90. The Balaban J connectivity index is 2.28. The Hall–Kier alpha value is -0.900. The van der Waals surface area contributed by atoms with Gasteiger partial charge in [0.1, 0.15) is 0 Å². The van der Waals surface area contributed by atoms with Crippen molar-refractivity contribution in [3.8, 4) is 0 Å². The summed E-state index contributed by atoms with van der Waals surface area (Å²) < 4.78 is 12.7. The van der Waals surface area contributed by atoms with E-state index in [1.165, 1.54) is 12.4 Å². The summed E-state index contributed by atoms with van der Waals surface area (Å²) in [4.78, 5) is 9.96. The Morgan fingerprint density at radius 3 is 2.53 bits per heavy atom. The van der Waals surface area contributed by atoms with Crippen molar-refractivity contribution in [1.82, 2.24) is 9.97 Å². The van der Waals surface area contributed by atoms with Crippen LogP contribution in [0.1, 0.15) is 20.3 Å². The zero-order chi connectivity index (χ0) is 11.1. The fraction of sp³-hybridized carbons (Fsp3) is 0.600. The lowest BCUT2D eigenvalue weighted by Gasteiger charge is -2.33. The van der Waals surface area contributed by atoms with Gasteiger partial charge < -0.3 is 4.90 Å². The lowest BCUT2D eigenvalue weighted by molar-refractivity contribution is 0.513. The van der Waals surface area contributed by atoms with Gasteiger partial charge in [-0.25, -0.2) is 14.4 Å². The molecule has 1 unspecified atom stereocenters. The minimum absolute atomic E-state index is 0.0751. The number of rotatable bonds is 1. The molecule has 15 heavy (non-hydrogen) atoms. The number of hydrogen-bond donors (Lipinski definition) is 0. The summed E-state index contributed by atoms with van der Waals surface area (Å²) in [5, 5.41) is 0.0751. The van der Waals surface area contributed by atoms with Crippen molar-refractivity contribution in [3.05, 3.63) is 18.2 Å². The van der Waals surface area contributed by atoms with Crippen molar-refractivity contribution in [2.45, 2.75) is 31.2 Å². The van der Waals surface area contributed by atoms with Crippen molar-refractivity contribution in [1.29, 1.82) is 0 Å². The van der Waals surface area contributed by atoms with E-state index in [0.717, 1.165) is 13.0 Å². The van der Waals surface area contributed by atoms with Crippen LogP contribution in [0.2, 0.25) is 0 Å². The molecule has 0 N–H and O–H groups in total. The van der Waals surface area contributed by atoms with Crippen LogP contribution in [0.4, 0.5) is 10.3 Å². The molecule has 1 fully saturated rings. The largest absolute Gasteiger partial charge is 0.334 e. The molecule has 0 amide bonds.